The summed E-state index contributed by atoms with van der Waals surface area (Å²) in [4.78, 5) is 6.83. The lowest BCUT2D eigenvalue weighted by molar-refractivity contribution is 0.165. The number of pyridine rings is 1. The Morgan fingerprint density at radius 3 is 2.94 bits per heavy atom. The maximum atomic E-state index is 4.33. The fraction of sp³-hybridized carbons (Fsp3) is 0.583. The van der Waals surface area contributed by atoms with Crippen LogP contribution in [0.5, 0.6) is 0 Å². The third kappa shape index (κ3) is 3.44. The molecule has 1 fully saturated rings. The number of hydrogen-bond acceptors (Lipinski definition) is 3. The molecular formula is C12H20ClN3. The Hall–Kier alpha value is -0.640. The molecule has 0 saturated carbocycles. The van der Waals surface area contributed by atoms with E-state index in [-0.39, 0.29) is 12.4 Å². The van der Waals surface area contributed by atoms with Crippen LogP contribution in [0.25, 0.3) is 0 Å². The molecule has 0 aromatic carbocycles. The first-order chi connectivity index (χ1) is 7.25. The average molecular weight is 242 g/mol. The molecule has 2 rings (SSSR count). The summed E-state index contributed by atoms with van der Waals surface area (Å²) in [7, 11) is 0. The van der Waals surface area contributed by atoms with Crippen molar-refractivity contribution in [2.75, 3.05) is 19.6 Å². The minimum Gasteiger partial charge on any atom is -0.314 e. The van der Waals surface area contributed by atoms with E-state index in [1.165, 1.54) is 5.56 Å². The zero-order chi connectivity index (χ0) is 10.7. The number of hydrogen-bond donors (Lipinski definition) is 1. The number of aromatic nitrogens is 1. The minimum absolute atomic E-state index is 0. The van der Waals surface area contributed by atoms with Gasteiger partial charge in [-0.05, 0) is 25.5 Å². The van der Waals surface area contributed by atoms with E-state index in [2.05, 4.69) is 34.3 Å². The molecule has 1 aromatic heterocycles. The van der Waals surface area contributed by atoms with Gasteiger partial charge in [-0.1, -0.05) is 6.07 Å². The number of aryl methyl sites for hydroxylation is 1. The molecule has 0 aliphatic carbocycles. The molecule has 16 heavy (non-hydrogen) atoms. The van der Waals surface area contributed by atoms with Gasteiger partial charge in [0, 0.05) is 44.1 Å². The van der Waals surface area contributed by atoms with Gasteiger partial charge >= 0.3 is 0 Å². The van der Waals surface area contributed by atoms with E-state index < -0.39 is 0 Å². The Labute approximate surface area is 104 Å². The van der Waals surface area contributed by atoms with Crippen molar-refractivity contribution in [3.8, 4) is 0 Å². The van der Waals surface area contributed by atoms with Gasteiger partial charge in [0.25, 0.3) is 0 Å². The topological polar surface area (TPSA) is 28.2 Å². The van der Waals surface area contributed by atoms with E-state index in [4.69, 9.17) is 0 Å². The molecule has 1 aliphatic rings. The number of piperazine rings is 1. The van der Waals surface area contributed by atoms with Gasteiger partial charge in [0.1, 0.15) is 0 Å². The third-order valence-electron chi connectivity index (χ3n) is 3.00. The fourth-order valence-corrected chi connectivity index (χ4v) is 1.94. The highest BCUT2D eigenvalue weighted by Crippen LogP contribution is 2.09. The minimum atomic E-state index is 0. The molecule has 1 N–H and O–H groups in total. The Morgan fingerprint density at radius 1 is 1.50 bits per heavy atom. The third-order valence-corrected chi connectivity index (χ3v) is 3.00. The Kier molecular flexibility index (Phi) is 5.19. The molecule has 1 unspecified atom stereocenters. The van der Waals surface area contributed by atoms with Crippen molar-refractivity contribution in [3.63, 3.8) is 0 Å². The summed E-state index contributed by atoms with van der Waals surface area (Å²) in [6, 6.07) is 4.89. The lowest BCUT2D eigenvalue weighted by Crippen LogP contribution is -2.49. The van der Waals surface area contributed by atoms with Gasteiger partial charge < -0.3 is 5.32 Å². The molecule has 1 saturated heterocycles. The van der Waals surface area contributed by atoms with E-state index in [0.29, 0.717) is 6.04 Å². The summed E-state index contributed by atoms with van der Waals surface area (Å²) in [5.41, 5.74) is 2.40. The maximum absolute atomic E-state index is 4.33. The highest BCUT2D eigenvalue weighted by atomic mass is 35.5. The van der Waals surface area contributed by atoms with Gasteiger partial charge in [-0.15, -0.1) is 12.4 Å². The van der Waals surface area contributed by atoms with Crippen LogP contribution in [0.3, 0.4) is 0 Å². The van der Waals surface area contributed by atoms with Crippen LogP contribution >= 0.6 is 12.4 Å². The van der Waals surface area contributed by atoms with Gasteiger partial charge in [0.15, 0.2) is 0 Å². The second-order valence-corrected chi connectivity index (χ2v) is 4.33. The summed E-state index contributed by atoms with van der Waals surface area (Å²) in [6.07, 6.45) is 1.99. The van der Waals surface area contributed by atoms with Crippen LogP contribution in [-0.4, -0.2) is 35.6 Å². The number of nitrogens with zero attached hydrogens (tertiary/aromatic N) is 2. The lowest BCUT2D eigenvalue weighted by Gasteiger charge is -2.33. The standard InChI is InChI=1S/C12H19N3.ClH/c1-10-3-4-12(8-14-10)9-15-6-5-13-7-11(15)2;/h3-4,8,11,13H,5-7,9H2,1-2H3;1H. The highest BCUT2D eigenvalue weighted by molar-refractivity contribution is 5.85. The van der Waals surface area contributed by atoms with Crippen molar-refractivity contribution in [2.24, 2.45) is 0 Å². The summed E-state index contributed by atoms with van der Waals surface area (Å²) < 4.78 is 0. The van der Waals surface area contributed by atoms with Crippen molar-refractivity contribution in [2.45, 2.75) is 26.4 Å². The van der Waals surface area contributed by atoms with E-state index >= 15 is 0 Å². The van der Waals surface area contributed by atoms with Crippen LogP contribution < -0.4 is 5.32 Å². The van der Waals surface area contributed by atoms with Gasteiger partial charge in [0.05, 0.1) is 0 Å². The number of rotatable bonds is 2. The maximum Gasteiger partial charge on any atom is 0.0372 e. The lowest BCUT2D eigenvalue weighted by atomic mass is 10.1. The first kappa shape index (κ1) is 13.4. The smallest absolute Gasteiger partial charge is 0.0372 e. The van der Waals surface area contributed by atoms with E-state index in [1.54, 1.807) is 0 Å². The summed E-state index contributed by atoms with van der Waals surface area (Å²) in [5, 5.41) is 3.40. The molecule has 1 atom stereocenters. The predicted octanol–water partition coefficient (Wildman–Crippen LogP) is 1.61. The second kappa shape index (κ2) is 6.18. The van der Waals surface area contributed by atoms with Crippen LogP contribution in [-0.2, 0) is 6.54 Å². The molecule has 2 heterocycles. The first-order valence-corrected chi connectivity index (χ1v) is 5.62. The van der Waals surface area contributed by atoms with Crippen LogP contribution in [0.2, 0.25) is 0 Å². The fourth-order valence-electron chi connectivity index (χ4n) is 1.94. The van der Waals surface area contributed by atoms with Gasteiger partial charge in [-0.25, -0.2) is 0 Å². The second-order valence-electron chi connectivity index (χ2n) is 4.33. The van der Waals surface area contributed by atoms with Crippen molar-refractivity contribution in [1.82, 2.24) is 15.2 Å². The molecule has 0 bridgehead atoms. The Balaban J connectivity index is 0.00000128. The van der Waals surface area contributed by atoms with Gasteiger partial charge in [-0.2, -0.15) is 0 Å². The zero-order valence-electron chi connectivity index (χ0n) is 9.94. The van der Waals surface area contributed by atoms with Crippen molar-refractivity contribution in [1.29, 1.82) is 0 Å². The molecular weight excluding hydrogens is 222 g/mol. The summed E-state index contributed by atoms with van der Waals surface area (Å²) in [5.74, 6) is 0. The van der Waals surface area contributed by atoms with E-state index in [0.717, 1.165) is 31.9 Å². The SMILES string of the molecule is Cc1ccc(CN2CCNCC2C)cn1.Cl. The average Bonchev–Trinajstić information content (AvgIpc) is 2.25. The Morgan fingerprint density at radius 2 is 2.31 bits per heavy atom. The number of halogens is 1. The quantitative estimate of drug-likeness (QED) is 0.853. The number of nitrogens with one attached hydrogen (secondary N) is 1. The predicted molar refractivity (Wildman–Crippen MR) is 69.0 cm³/mol. The summed E-state index contributed by atoms with van der Waals surface area (Å²) >= 11 is 0. The normalized spacial score (nSPS) is 21.5. The summed E-state index contributed by atoms with van der Waals surface area (Å²) in [6.45, 7) is 8.65. The van der Waals surface area contributed by atoms with Crippen LogP contribution in [0.1, 0.15) is 18.2 Å². The van der Waals surface area contributed by atoms with Crippen LogP contribution in [0.15, 0.2) is 18.3 Å². The first-order valence-electron chi connectivity index (χ1n) is 5.62. The van der Waals surface area contributed by atoms with Crippen molar-refractivity contribution >= 4 is 12.4 Å². The largest absolute Gasteiger partial charge is 0.314 e. The molecule has 1 aliphatic heterocycles. The van der Waals surface area contributed by atoms with Gasteiger partial charge in [-0.3, -0.25) is 9.88 Å². The highest BCUT2D eigenvalue weighted by Gasteiger charge is 2.17. The van der Waals surface area contributed by atoms with Crippen LogP contribution in [0, 0.1) is 6.92 Å². The van der Waals surface area contributed by atoms with E-state index in [1.807, 2.05) is 13.1 Å². The molecule has 0 amide bonds. The molecule has 0 radical (unpaired) electrons. The monoisotopic (exact) mass is 241 g/mol. The Bertz CT molecular complexity index is 313. The van der Waals surface area contributed by atoms with Crippen molar-refractivity contribution < 1.29 is 0 Å². The molecule has 0 spiro atoms. The van der Waals surface area contributed by atoms with Crippen molar-refractivity contribution in [3.05, 3.63) is 29.6 Å². The zero-order valence-corrected chi connectivity index (χ0v) is 10.8. The molecule has 4 heteroatoms. The van der Waals surface area contributed by atoms with E-state index in [9.17, 15) is 0 Å². The molecule has 3 nitrogen and oxygen atoms in total. The molecule has 1 aromatic rings. The van der Waals surface area contributed by atoms with Gasteiger partial charge in [0.2, 0.25) is 0 Å². The van der Waals surface area contributed by atoms with Crippen LogP contribution in [0.4, 0.5) is 0 Å². The molecule has 90 valence electrons.